The zero-order valence-electron chi connectivity index (χ0n) is 49.6. The van der Waals surface area contributed by atoms with E-state index in [1.165, 1.54) is 17.7 Å². The fourth-order valence-corrected chi connectivity index (χ4v) is 12.2. The highest BCUT2D eigenvalue weighted by Crippen LogP contribution is 2.44. The van der Waals surface area contributed by atoms with E-state index in [4.69, 9.17) is 25.0 Å². The van der Waals surface area contributed by atoms with Gasteiger partial charge in [-0.15, -0.1) is 0 Å². The number of pyridine rings is 1. The topological polar surface area (TPSA) is 243 Å². The first-order chi connectivity index (χ1) is 40.9. The average molecular weight is 1160 g/mol. The molecular weight excluding hydrogens is 1080 g/mol. The fraction of sp³-hybridized carbons (Fsp3) is 0.500. The number of carbonyl (C=O) groups excluding carboxylic acids is 5. The molecule has 1 saturated carbocycles. The Morgan fingerprint density at radius 1 is 0.906 bits per heavy atom. The van der Waals surface area contributed by atoms with Crippen molar-refractivity contribution in [1.82, 2.24) is 45.4 Å². The highest BCUT2D eigenvalue weighted by molar-refractivity contribution is 5.97. The highest BCUT2D eigenvalue weighted by Gasteiger charge is 2.44. The van der Waals surface area contributed by atoms with Crippen LogP contribution in [0.15, 0.2) is 72.9 Å². The molecule has 5 N–H and O–H groups in total. The number of fused-ring (bicyclic) bond motifs is 10. The van der Waals surface area contributed by atoms with E-state index in [0.29, 0.717) is 52.4 Å². The minimum atomic E-state index is -0.907. The molecule has 5 atom stereocenters. The van der Waals surface area contributed by atoms with Gasteiger partial charge in [0.15, 0.2) is 0 Å². The molecule has 1 saturated heterocycles. The van der Waals surface area contributed by atoms with Crippen LogP contribution in [0.5, 0.6) is 5.75 Å². The van der Waals surface area contributed by atoms with Crippen LogP contribution in [0.4, 0.5) is 15.9 Å². The second-order valence-electron chi connectivity index (χ2n) is 24.1. The van der Waals surface area contributed by atoms with Crippen LogP contribution in [0.25, 0.3) is 11.1 Å². The third kappa shape index (κ3) is 13.5. The number of nitriles is 1. The Balaban J connectivity index is 0.716. The lowest BCUT2D eigenvalue weighted by atomic mass is 9.83. The number of carbonyl (C=O) groups is 5. The van der Waals surface area contributed by atoms with Crippen molar-refractivity contribution in [2.45, 2.75) is 141 Å². The fourth-order valence-electron chi connectivity index (χ4n) is 12.2. The Morgan fingerprint density at radius 2 is 1.68 bits per heavy atom. The van der Waals surface area contributed by atoms with Gasteiger partial charge in [0.2, 0.25) is 23.6 Å². The van der Waals surface area contributed by atoms with Crippen molar-refractivity contribution in [3.63, 3.8) is 0 Å². The van der Waals surface area contributed by atoms with Crippen molar-refractivity contribution >= 4 is 41.0 Å². The monoisotopic (exact) mass is 1160 g/mol. The number of aryl methyl sites for hydroxylation is 1. The van der Waals surface area contributed by atoms with Crippen LogP contribution in [0, 0.1) is 22.6 Å². The predicted octanol–water partition coefficient (Wildman–Crippen LogP) is 6.54. The summed E-state index contributed by atoms with van der Waals surface area (Å²) < 4.78 is 34.3. The molecule has 450 valence electrons. The van der Waals surface area contributed by atoms with E-state index in [2.05, 4.69) is 44.0 Å². The summed E-state index contributed by atoms with van der Waals surface area (Å²) in [6.45, 7) is 9.94. The number of nitrogens with one attached hydrogen (secondary N) is 3. The van der Waals surface area contributed by atoms with Gasteiger partial charge in [-0.25, -0.2) is 9.37 Å². The maximum absolute atomic E-state index is 15.0. The Bertz CT molecular complexity index is 3350. The maximum Gasteiger partial charge on any atom is 0.254 e. The lowest BCUT2D eigenvalue weighted by Gasteiger charge is -2.41. The molecule has 2 bridgehead atoms. The summed E-state index contributed by atoms with van der Waals surface area (Å²) in [5.41, 5.74) is 13.6. The molecule has 2 aromatic heterocycles. The summed E-state index contributed by atoms with van der Waals surface area (Å²) in [6, 6.07) is 19.7. The van der Waals surface area contributed by atoms with Crippen molar-refractivity contribution < 1.29 is 42.6 Å². The minimum absolute atomic E-state index is 0.0300. The number of amides is 5. The molecule has 2 aliphatic carbocycles. The molecule has 0 spiro atoms. The summed E-state index contributed by atoms with van der Waals surface area (Å²) >= 11 is 0. The van der Waals surface area contributed by atoms with Crippen molar-refractivity contribution in [1.29, 1.82) is 5.26 Å². The van der Waals surface area contributed by atoms with Crippen molar-refractivity contribution in [2.24, 2.45) is 5.41 Å². The third-order valence-electron chi connectivity index (χ3n) is 17.3. The lowest BCUT2D eigenvalue weighted by molar-refractivity contribution is -0.147. The first-order valence-corrected chi connectivity index (χ1v) is 29.8. The molecule has 3 aliphatic heterocycles. The smallest absolute Gasteiger partial charge is 0.254 e. The van der Waals surface area contributed by atoms with Gasteiger partial charge in [-0.05, 0) is 129 Å². The summed E-state index contributed by atoms with van der Waals surface area (Å²) in [5.74, 6) is -0.808. The molecule has 2 fully saturated rings. The van der Waals surface area contributed by atoms with Gasteiger partial charge < -0.3 is 55.5 Å². The number of ether oxygens (including phenoxy) is 3. The number of aromatic nitrogens is 3. The number of hydrogen-bond donors (Lipinski definition) is 4. The second kappa shape index (κ2) is 26.1. The van der Waals surface area contributed by atoms with Gasteiger partial charge in [-0.3, -0.25) is 28.7 Å². The summed E-state index contributed by atoms with van der Waals surface area (Å²) in [4.78, 5) is 82.0. The summed E-state index contributed by atoms with van der Waals surface area (Å²) in [6.07, 6.45) is 7.87. The van der Waals surface area contributed by atoms with E-state index < -0.39 is 29.4 Å². The number of nitrogen functional groups attached to an aromatic ring is 1. The molecule has 0 radical (unpaired) electrons. The zero-order chi connectivity index (χ0) is 60.1. The van der Waals surface area contributed by atoms with Gasteiger partial charge in [0.25, 0.3) is 5.91 Å². The first-order valence-electron chi connectivity index (χ1n) is 29.8. The molecule has 10 rings (SSSR count). The Morgan fingerprint density at radius 3 is 2.45 bits per heavy atom. The van der Waals surface area contributed by atoms with Gasteiger partial charge >= 0.3 is 0 Å². The van der Waals surface area contributed by atoms with Crippen molar-refractivity contribution in [2.75, 3.05) is 70.9 Å². The van der Waals surface area contributed by atoms with E-state index in [1.54, 1.807) is 52.7 Å². The molecule has 5 amide bonds. The number of likely N-dealkylation sites (N-methyl/N-ethyl adjacent to an activating group) is 2. The molecule has 21 heteroatoms. The van der Waals surface area contributed by atoms with Crippen LogP contribution in [0.3, 0.4) is 0 Å². The van der Waals surface area contributed by atoms with Gasteiger partial charge in [0.1, 0.15) is 47.8 Å². The second-order valence-corrected chi connectivity index (χ2v) is 24.1. The van der Waals surface area contributed by atoms with Gasteiger partial charge in [-0.2, -0.15) is 10.4 Å². The Kier molecular flexibility index (Phi) is 18.5. The first kappa shape index (κ1) is 60.2. The van der Waals surface area contributed by atoms with E-state index in [1.807, 2.05) is 57.2 Å². The number of nitrogens with zero attached hydrogens (tertiary/aromatic N) is 8. The molecule has 5 aliphatic rings. The van der Waals surface area contributed by atoms with E-state index >= 15 is 0 Å². The van der Waals surface area contributed by atoms with Gasteiger partial charge in [0.05, 0.1) is 75.4 Å². The normalized spacial score (nSPS) is 18.9. The van der Waals surface area contributed by atoms with Crippen LogP contribution in [-0.4, -0.2) is 143 Å². The Hall–Kier alpha value is -7.93. The largest absolute Gasteiger partial charge is 0.491 e. The molecule has 0 unspecified atom stereocenters. The number of benzene rings is 3. The lowest BCUT2D eigenvalue weighted by Crippen LogP contribution is -2.62. The average Bonchev–Trinajstić information content (AvgIpc) is 2.30. The number of rotatable bonds is 20. The van der Waals surface area contributed by atoms with Gasteiger partial charge in [0, 0.05) is 62.0 Å². The quantitative estimate of drug-likeness (QED) is 0.0605. The zero-order valence-corrected chi connectivity index (χ0v) is 49.6. The SMILES string of the molecule is CN[C@@H](C)C(=O)N[C@H](C(=O)N1Cc2cc(OCCOCCOCCC(=O)N(C)CCn3nc4c(c3C#N)-c3cnc(N)c(c3)N3CCC[C@@H]3c3cc(F)ccc3C(=O)N(C3CC3)C4)ccc2C[C@H]1C(=O)N[C@@H]1CCCc2ccccc21)C(C)(C)C. The standard InChI is InChI=1S/C64H79FN12O8/c1-39(68-5)60(79)71-58(64(2,3)4)63(82)76-37-43-31-46(20-16-41(43)32-54(76)61(80)70-50-14-9-12-40-11-7-8-13-47(40)50)85-30-29-84-28-27-83-26-22-56(78)73(6)24-25-77-55(35-66)57-42-33-53(59(67)69-36-42)74-23-10-15-52(74)49-34-44(65)17-21-48(49)62(81)75(45-18-19-45)38-51(57)72-77/h7-8,11,13,16-17,20-21,31,33-34,36,39,45,50,52,54,58,68H,9-10,12,14-15,18-19,22-30,32,37-38H2,1-6H3,(H2,67,69)(H,70,80)(H,71,79)/t39-,50+,52+,54-,58+/m0/s1. The predicted molar refractivity (Wildman–Crippen MR) is 317 cm³/mol. The van der Waals surface area contributed by atoms with E-state index in [9.17, 15) is 33.6 Å². The van der Waals surface area contributed by atoms with Crippen molar-refractivity contribution in [3.05, 3.63) is 124 Å². The number of anilines is 2. The van der Waals surface area contributed by atoms with Crippen LogP contribution in [-0.2, 0) is 61.1 Å². The van der Waals surface area contributed by atoms with E-state index in [0.717, 1.165) is 55.2 Å². The van der Waals surface area contributed by atoms with Crippen LogP contribution >= 0.6 is 0 Å². The maximum atomic E-state index is 15.0. The number of halogens is 1. The molecule has 3 aromatic carbocycles. The third-order valence-corrected chi connectivity index (χ3v) is 17.3. The highest BCUT2D eigenvalue weighted by atomic mass is 19.1. The van der Waals surface area contributed by atoms with E-state index in [-0.39, 0.29) is 131 Å². The van der Waals surface area contributed by atoms with Gasteiger partial charge in [-0.1, -0.05) is 51.1 Å². The minimum Gasteiger partial charge on any atom is -0.491 e. The van der Waals surface area contributed by atoms with Crippen LogP contribution < -0.4 is 31.3 Å². The number of hydrogen-bond acceptors (Lipinski definition) is 14. The number of nitrogens with two attached hydrogens (primary N) is 1. The molecule has 20 nitrogen and oxygen atoms in total. The molecule has 5 aromatic rings. The Labute approximate surface area is 496 Å². The molecule has 85 heavy (non-hydrogen) atoms. The molecular formula is C64H79FN12O8. The summed E-state index contributed by atoms with van der Waals surface area (Å²) in [7, 11) is 3.38. The van der Waals surface area contributed by atoms with Crippen LogP contribution in [0.2, 0.25) is 0 Å². The van der Waals surface area contributed by atoms with Crippen LogP contribution in [0.1, 0.15) is 134 Å². The molecule has 5 heterocycles. The van der Waals surface area contributed by atoms with Crippen molar-refractivity contribution in [3.8, 4) is 22.9 Å². The summed E-state index contributed by atoms with van der Waals surface area (Å²) in [5, 5.41) is 24.9.